The molecule has 130 heavy (non-hydrogen) atoms. The molecule has 1 unspecified atom stereocenters. The van der Waals surface area contributed by atoms with Gasteiger partial charge >= 0.3 is 67.9 Å². The molecule has 27 nitrogen and oxygen atoms in total. The van der Waals surface area contributed by atoms with Crippen molar-refractivity contribution in [1.29, 1.82) is 0 Å². The zero-order valence-corrected chi connectivity index (χ0v) is 77.6. The van der Waals surface area contributed by atoms with Crippen LogP contribution in [0.4, 0.5) is 0 Å². The fourth-order valence-corrected chi connectivity index (χ4v) is 18.2. The summed E-state index contributed by atoms with van der Waals surface area (Å²) in [6.07, 6.45) is 0. The van der Waals surface area contributed by atoms with Gasteiger partial charge in [-0.1, -0.05) is 285 Å². The highest BCUT2D eigenvalue weighted by Gasteiger charge is 2.36. The van der Waals surface area contributed by atoms with Gasteiger partial charge in [-0.3, -0.25) is 37.7 Å². The van der Waals surface area contributed by atoms with Crippen LogP contribution in [0.3, 0.4) is 0 Å². The Morgan fingerprint density at radius 3 is 0.546 bits per heavy atom. The average Bonchev–Trinajstić information content (AvgIpc) is 0.831. The molecule has 0 heterocycles. The lowest BCUT2D eigenvalue weighted by Crippen LogP contribution is -2.35. The molecule has 0 bridgehead atoms. The predicted octanol–water partition coefficient (Wildman–Crippen LogP) is 22.0. The van der Waals surface area contributed by atoms with Gasteiger partial charge in [-0.05, 0) is 161 Å². The summed E-state index contributed by atoms with van der Waals surface area (Å²) in [6.45, 7) is 16.8. The fraction of sp³-hybridized carbons (Fsp3) is 0.214. The monoisotopic (exact) mass is 1870 g/mol. The first kappa shape index (κ1) is 105. The van der Waals surface area contributed by atoms with Crippen LogP contribution in [0.1, 0.15) is 81.0 Å². The Morgan fingerprint density at radius 2 is 0.369 bits per heavy atom. The third kappa shape index (κ3) is 40.9. The van der Waals surface area contributed by atoms with Gasteiger partial charge in [-0.15, -0.1) is 0 Å². The van der Waals surface area contributed by atoms with Gasteiger partial charge in [0.1, 0.15) is 103 Å². The molecule has 0 radical (unpaired) electrons. The van der Waals surface area contributed by atoms with Crippen molar-refractivity contribution in [1.82, 2.24) is 25.4 Å². The van der Waals surface area contributed by atoms with Gasteiger partial charge in [-0.2, -0.15) is 10.2 Å². The summed E-state index contributed by atoms with van der Waals surface area (Å²) in [5.74, 6) is 0.298. The predicted molar refractivity (Wildman–Crippen MR) is 506 cm³/mol. The van der Waals surface area contributed by atoms with Crippen LogP contribution in [0.15, 0.2) is 352 Å². The van der Waals surface area contributed by atoms with E-state index in [9.17, 15) is 46.8 Å². The summed E-state index contributed by atoms with van der Waals surface area (Å²) in [5, 5.41) is 13.5. The molecule has 0 saturated heterocycles. The van der Waals surface area contributed by atoms with Crippen molar-refractivity contribution in [2.24, 2.45) is 0 Å². The molecule has 0 amide bonds. The van der Waals surface area contributed by atoms with Crippen LogP contribution in [0.5, 0.6) is 40.2 Å². The SMILES string of the molecule is C.C[C@H](NP(C)(=O)Oc1ccccc1)C(=O)OCc1ccccc1.C[C@H](N[P@@](C)(=O)Oc1ccccc1)C(=O)OCc1ccccc1.C[C@H](N[P@](C)(=O)Oc1ccccc1)C(=O)OCc1ccccc1.Cc1ccc(O[P@@](=O)(N[C@@H](C)C(=O)OCc2ccccc2)Oc2ccccc2)cc1.Cc1ccc(O[P@](=O)(N[C@@H](C)C(=O)OCc2ccccc2)Oc2ccccc2)cc1. The molecule has 0 fully saturated rings. The number of hydrogen-bond donors (Lipinski definition) is 5. The van der Waals surface area contributed by atoms with E-state index in [0.29, 0.717) is 40.2 Å². The second kappa shape index (κ2) is 54.1. The summed E-state index contributed by atoms with van der Waals surface area (Å²) in [5.41, 5.74) is 6.48. The second-order valence-corrected chi connectivity index (χ2v) is 38.7. The molecular weight excluding hydrogens is 1750 g/mol. The number of para-hydroxylation sites is 5. The lowest BCUT2D eigenvalue weighted by Gasteiger charge is -2.23. The average molecular weight is 1870 g/mol. The van der Waals surface area contributed by atoms with Crippen molar-refractivity contribution < 1.29 is 102 Å². The van der Waals surface area contributed by atoms with Gasteiger partial charge in [0.2, 0.25) is 0 Å². The Labute approximate surface area is 761 Å². The summed E-state index contributed by atoms with van der Waals surface area (Å²) < 4.78 is 129. The number of rotatable bonds is 39. The minimum atomic E-state index is -3.93. The molecule has 10 atom stereocenters. The maximum Gasteiger partial charge on any atom is 0.513 e. The van der Waals surface area contributed by atoms with E-state index in [4.69, 9.17) is 55.4 Å². The highest BCUT2D eigenvalue weighted by molar-refractivity contribution is 7.57. The number of carbonyl (C=O) groups is 5. The van der Waals surface area contributed by atoms with E-state index < -0.39 is 98.1 Å². The first-order valence-corrected chi connectivity index (χ1v) is 50.2. The van der Waals surface area contributed by atoms with Gasteiger partial charge in [0.15, 0.2) is 0 Å². The van der Waals surface area contributed by atoms with Crippen molar-refractivity contribution in [2.45, 2.75) is 119 Å². The van der Waals surface area contributed by atoms with Gasteiger partial charge in [-0.25, -0.2) is 24.4 Å². The molecule has 12 aromatic rings. The van der Waals surface area contributed by atoms with E-state index in [2.05, 4.69) is 25.4 Å². The lowest BCUT2D eigenvalue weighted by molar-refractivity contribution is -0.147. The number of hydrogen-bond acceptors (Lipinski definition) is 22. The van der Waals surface area contributed by atoms with Gasteiger partial charge in [0, 0.05) is 20.0 Å². The summed E-state index contributed by atoms with van der Waals surface area (Å²) in [6, 6.07) is 101. The molecule has 12 aromatic carbocycles. The van der Waals surface area contributed by atoms with Crippen LogP contribution >= 0.6 is 38.1 Å². The Hall–Kier alpha value is -12.5. The fourth-order valence-electron chi connectivity index (χ4n) is 11.0. The zero-order valence-electron chi connectivity index (χ0n) is 73.1. The normalized spacial score (nSPS) is 14.0. The van der Waals surface area contributed by atoms with Crippen LogP contribution in [0.2, 0.25) is 0 Å². The summed E-state index contributed by atoms with van der Waals surface area (Å²) in [4.78, 5) is 60.8. The molecule has 0 aliphatic heterocycles. The van der Waals surface area contributed by atoms with E-state index in [1.165, 1.54) is 20.0 Å². The highest BCUT2D eigenvalue weighted by atomic mass is 31.2. The van der Waals surface area contributed by atoms with Gasteiger partial charge in [0.05, 0.1) is 0 Å². The van der Waals surface area contributed by atoms with Crippen LogP contribution in [0.25, 0.3) is 0 Å². The first-order valence-electron chi connectivity index (χ1n) is 40.9. The Balaban J connectivity index is 0.000000223. The number of esters is 5. The third-order valence-electron chi connectivity index (χ3n) is 17.4. The molecular formula is C98H112N5O22P5. The van der Waals surface area contributed by atoms with Crippen LogP contribution in [0, 0.1) is 13.8 Å². The van der Waals surface area contributed by atoms with Crippen molar-refractivity contribution in [2.75, 3.05) is 20.0 Å². The number of ether oxygens (including phenoxy) is 5. The molecule has 0 aliphatic carbocycles. The number of benzene rings is 12. The first-order chi connectivity index (χ1) is 61.7. The summed E-state index contributed by atoms with van der Waals surface area (Å²) in [7, 11) is -17.4. The zero-order chi connectivity index (χ0) is 92.9. The van der Waals surface area contributed by atoms with Gasteiger partial charge < -0.3 is 55.4 Å². The van der Waals surface area contributed by atoms with E-state index in [-0.39, 0.29) is 40.5 Å². The Morgan fingerprint density at radius 1 is 0.223 bits per heavy atom. The van der Waals surface area contributed by atoms with E-state index in [1.54, 1.807) is 180 Å². The molecule has 0 spiro atoms. The van der Waals surface area contributed by atoms with Crippen molar-refractivity contribution in [3.8, 4) is 40.2 Å². The highest BCUT2D eigenvalue weighted by Crippen LogP contribution is 2.48. The maximum absolute atomic E-state index is 13.5. The second-order valence-electron chi connectivity index (χ2n) is 29.1. The van der Waals surface area contributed by atoms with Crippen LogP contribution < -0.4 is 57.1 Å². The molecule has 0 aliphatic rings. The van der Waals surface area contributed by atoms with E-state index in [0.717, 1.165) is 38.9 Å². The minimum absolute atomic E-state index is 0. The van der Waals surface area contributed by atoms with Crippen molar-refractivity contribution in [3.05, 3.63) is 391 Å². The summed E-state index contributed by atoms with van der Waals surface area (Å²) >= 11 is 0. The standard InChI is InChI=1S/2C23H24NO5P.3C17H20NO4P.CH4/c2*1-18-13-15-22(16-14-18)29-30(26,28-21-11-7-4-8-12-21)24-19(2)23(25)27-17-20-9-5-3-6-10-20;3*1-14(17(19)21-13-15-9-5-3-6-10-15)18-23(2,20)22-16-11-7-4-8-12-16;/h2*3-16,19H,17H2,1-2H3,(H,24,26);3*3-12,14H,13H2,1-2H3,(H,18,20);1H4/t19-,30+;19-,30-;14-,23?;14-,23+;14-,23-;/m00000./s1. The Kier molecular flexibility index (Phi) is 43.5. The number of aryl methyl sites for hydroxylation is 2. The van der Waals surface area contributed by atoms with E-state index in [1.807, 2.05) is 220 Å². The van der Waals surface area contributed by atoms with Crippen molar-refractivity contribution in [3.63, 3.8) is 0 Å². The number of nitrogens with one attached hydrogen (secondary N) is 5. The third-order valence-corrected chi connectivity index (χ3v) is 24.8. The van der Waals surface area contributed by atoms with Gasteiger partial charge in [0.25, 0.3) is 0 Å². The lowest BCUT2D eigenvalue weighted by atomic mass is 10.2. The van der Waals surface area contributed by atoms with Crippen LogP contribution in [-0.4, -0.2) is 80.1 Å². The molecule has 686 valence electrons. The molecule has 0 aromatic heterocycles. The molecule has 12 rings (SSSR count). The molecule has 0 saturated carbocycles. The Bertz CT molecular complexity index is 5160. The maximum atomic E-state index is 13.5. The topological polar surface area (TPSA) is 342 Å². The smallest absolute Gasteiger partial charge is 0.460 e. The quantitative estimate of drug-likeness (QED) is 0.0136. The largest absolute Gasteiger partial charge is 0.513 e. The van der Waals surface area contributed by atoms with Crippen LogP contribution in [-0.2, 0) is 104 Å². The number of carbonyl (C=O) groups excluding carboxylic acids is 5. The minimum Gasteiger partial charge on any atom is -0.460 e. The molecule has 32 heteroatoms. The van der Waals surface area contributed by atoms with Crippen molar-refractivity contribution >= 4 is 67.9 Å². The molecule has 5 N–H and O–H groups in total. The van der Waals surface area contributed by atoms with E-state index >= 15 is 0 Å².